The summed E-state index contributed by atoms with van der Waals surface area (Å²) in [5, 5.41) is 3.98. The summed E-state index contributed by atoms with van der Waals surface area (Å²) in [7, 11) is 0. The molecule has 0 saturated heterocycles. The van der Waals surface area contributed by atoms with Crippen LogP contribution >= 0.6 is 0 Å². The normalized spacial score (nSPS) is 10.8. The van der Waals surface area contributed by atoms with Gasteiger partial charge in [-0.2, -0.15) is 4.98 Å². The molecule has 0 bridgehead atoms. The molecule has 19 heavy (non-hydrogen) atoms. The maximum absolute atomic E-state index is 5.73. The minimum absolute atomic E-state index is 0.480. The number of hydrogen-bond acceptors (Lipinski definition) is 5. The van der Waals surface area contributed by atoms with Crippen molar-refractivity contribution in [3.63, 3.8) is 0 Å². The summed E-state index contributed by atoms with van der Waals surface area (Å²) in [5.74, 6) is 1.77. The molecule has 5 heteroatoms. The summed E-state index contributed by atoms with van der Waals surface area (Å²) in [6, 6.07) is 7.39. The van der Waals surface area contributed by atoms with Gasteiger partial charge < -0.3 is 14.7 Å². The van der Waals surface area contributed by atoms with Crippen LogP contribution in [-0.2, 0) is 0 Å². The average Bonchev–Trinajstić information content (AvgIpc) is 2.97. The van der Waals surface area contributed by atoms with Crippen molar-refractivity contribution in [1.29, 1.82) is 0 Å². The number of nitrogens with two attached hydrogens (primary N) is 1. The molecule has 0 atom stereocenters. The molecule has 0 fully saturated rings. The predicted octanol–water partition coefficient (Wildman–Crippen LogP) is 3.20. The fourth-order valence-corrected chi connectivity index (χ4v) is 1.99. The van der Waals surface area contributed by atoms with Crippen molar-refractivity contribution in [2.45, 2.75) is 13.8 Å². The Morgan fingerprint density at radius 2 is 1.95 bits per heavy atom. The molecule has 0 saturated carbocycles. The highest BCUT2D eigenvalue weighted by Gasteiger charge is 2.15. The van der Waals surface area contributed by atoms with Gasteiger partial charge >= 0.3 is 0 Å². The highest BCUT2D eigenvalue weighted by Crippen LogP contribution is 2.27. The van der Waals surface area contributed by atoms with Crippen LogP contribution in [-0.4, -0.2) is 10.1 Å². The van der Waals surface area contributed by atoms with Gasteiger partial charge in [0.15, 0.2) is 0 Å². The largest absolute Gasteiger partial charge is 0.469 e. The van der Waals surface area contributed by atoms with Gasteiger partial charge in [0.1, 0.15) is 5.76 Å². The Labute approximate surface area is 110 Å². The minimum Gasteiger partial charge on any atom is -0.469 e. The van der Waals surface area contributed by atoms with Crippen LogP contribution in [0.25, 0.3) is 22.8 Å². The molecule has 3 aromatic rings. The van der Waals surface area contributed by atoms with E-state index in [1.54, 1.807) is 6.26 Å². The van der Waals surface area contributed by atoms with E-state index in [0.29, 0.717) is 17.4 Å². The van der Waals surface area contributed by atoms with Crippen molar-refractivity contribution in [1.82, 2.24) is 10.1 Å². The number of rotatable bonds is 2. The summed E-state index contributed by atoms with van der Waals surface area (Å²) < 4.78 is 10.5. The maximum atomic E-state index is 5.73. The minimum atomic E-state index is 0.480. The van der Waals surface area contributed by atoms with Gasteiger partial charge in [0, 0.05) is 11.3 Å². The second-order valence-electron chi connectivity index (χ2n) is 4.39. The van der Waals surface area contributed by atoms with E-state index in [1.165, 1.54) is 0 Å². The van der Waals surface area contributed by atoms with Gasteiger partial charge in [0.05, 0.1) is 11.8 Å². The number of anilines is 1. The lowest BCUT2D eigenvalue weighted by Gasteiger charge is -2.01. The molecule has 0 aliphatic carbocycles. The van der Waals surface area contributed by atoms with Crippen LogP contribution in [0.5, 0.6) is 0 Å². The van der Waals surface area contributed by atoms with E-state index in [4.69, 9.17) is 14.7 Å². The molecule has 5 nitrogen and oxygen atoms in total. The third-order valence-electron chi connectivity index (χ3n) is 3.01. The molecule has 0 amide bonds. The molecular formula is C14H13N3O2. The van der Waals surface area contributed by atoms with Crippen LogP contribution in [0.2, 0.25) is 0 Å². The van der Waals surface area contributed by atoms with Gasteiger partial charge in [-0.15, -0.1) is 0 Å². The predicted molar refractivity (Wildman–Crippen MR) is 71.3 cm³/mol. The quantitative estimate of drug-likeness (QED) is 0.711. The van der Waals surface area contributed by atoms with Crippen molar-refractivity contribution in [3.05, 3.63) is 41.9 Å². The first-order valence-electron chi connectivity index (χ1n) is 5.90. The lowest BCUT2D eigenvalue weighted by Crippen LogP contribution is -1.88. The van der Waals surface area contributed by atoms with Crippen molar-refractivity contribution in [2.75, 3.05) is 5.73 Å². The fourth-order valence-electron chi connectivity index (χ4n) is 1.99. The summed E-state index contributed by atoms with van der Waals surface area (Å²) >= 11 is 0. The monoisotopic (exact) mass is 255 g/mol. The number of nitrogen functional groups attached to an aromatic ring is 1. The Hall–Kier alpha value is -2.56. The molecule has 0 unspecified atom stereocenters. The molecule has 0 aliphatic heterocycles. The highest BCUT2D eigenvalue weighted by molar-refractivity contribution is 5.65. The van der Waals surface area contributed by atoms with Gasteiger partial charge in [0.2, 0.25) is 5.82 Å². The second kappa shape index (κ2) is 4.28. The van der Waals surface area contributed by atoms with Gasteiger partial charge in [-0.25, -0.2) is 0 Å². The van der Waals surface area contributed by atoms with Crippen LogP contribution in [0.3, 0.4) is 0 Å². The SMILES string of the molecule is Cc1cc(N)ccc1-c1nc(-c2ccoc2C)no1. The zero-order valence-corrected chi connectivity index (χ0v) is 10.7. The Kier molecular flexibility index (Phi) is 2.59. The van der Waals surface area contributed by atoms with E-state index in [0.717, 1.165) is 22.5 Å². The number of benzene rings is 1. The van der Waals surface area contributed by atoms with Gasteiger partial charge in [-0.3, -0.25) is 0 Å². The molecule has 0 radical (unpaired) electrons. The Morgan fingerprint density at radius 1 is 1.11 bits per heavy atom. The Balaban J connectivity index is 2.04. The van der Waals surface area contributed by atoms with E-state index >= 15 is 0 Å². The lowest BCUT2D eigenvalue weighted by molar-refractivity contribution is 0.432. The smallest absolute Gasteiger partial charge is 0.258 e. The fraction of sp³-hybridized carbons (Fsp3) is 0.143. The summed E-state index contributed by atoms with van der Waals surface area (Å²) in [6.45, 7) is 3.82. The third-order valence-corrected chi connectivity index (χ3v) is 3.01. The van der Waals surface area contributed by atoms with Crippen molar-refractivity contribution >= 4 is 5.69 Å². The molecule has 3 rings (SSSR count). The van der Waals surface area contributed by atoms with Gasteiger partial charge in [-0.05, 0) is 43.7 Å². The van der Waals surface area contributed by atoms with Crippen LogP contribution in [0.1, 0.15) is 11.3 Å². The Morgan fingerprint density at radius 3 is 2.63 bits per heavy atom. The van der Waals surface area contributed by atoms with Crippen molar-refractivity contribution in [3.8, 4) is 22.8 Å². The molecule has 2 heterocycles. The first kappa shape index (κ1) is 11.5. The molecule has 1 aromatic carbocycles. The number of hydrogen-bond donors (Lipinski definition) is 1. The van der Waals surface area contributed by atoms with Crippen LogP contribution in [0.15, 0.2) is 39.5 Å². The second-order valence-corrected chi connectivity index (χ2v) is 4.39. The first-order chi connectivity index (χ1) is 9.15. The Bertz CT molecular complexity index is 728. The van der Waals surface area contributed by atoms with E-state index < -0.39 is 0 Å². The number of nitrogens with zero attached hydrogens (tertiary/aromatic N) is 2. The summed E-state index contributed by atoms with van der Waals surface area (Å²) in [6.07, 6.45) is 1.61. The van der Waals surface area contributed by atoms with Crippen LogP contribution in [0, 0.1) is 13.8 Å². The lowest BCUT2D eigenvalue weighted by atomic mass is 10.1. The molecule has 2 aromatic heterocycles. The van der Waals surface area contributed by atoms with Crippen molar-refractivity contribution < 1.29 is 8.94 Å². The zero-order valence-electron chi connectivity index (χ0n) is 10.7. The van der Waals surface area contributed by atoms with E-state index in [9.17, 15) is 0 Å². The average molecular weight is 255 g/mol. The molecule has 2 N–H and O–H groups in total. The number of aryl methyl sites for hydroxylation is 2. The first-order valence-corrected chi connectivity index (χ1v) is 5.90. The molecule has 0 spiro atoms. The number of furan rings is 1. The van der Waals surface area contributed by atoms with Gasteiger partial charge in [-0.1, -0.05) is 5.16 Å². The van der Waals surface area contributed by atoms with Crippen LogP contribution < -0.4 is 5.73 Å². The molecule has 96 valence electrons. The van der Waals surface area contributed by atoms with E-state index in [1.807, 2.05) is 38.1 Å². The maximum Gasteiger partial charge on any atom is 0.258 e. The topological polar surface area (TPSA) is 78.1 Å². The third kappa shape index (κ3) is 1.99. The summed E-state index contributed by atoms with van der Waals surface area (Å²) in [4.78, 5) is 4.40. The highest BCUT2D eigenvalue weighted by atomic mass is 16.5. The number of aromatic nitrogens is 2. The molecular weight excluding hydrogens is 242 g/mol. The van der Waals surface area contributed by atoms with E-state index in [-0.39, 0.29) is 0 Å². The molecule has 0 aliphatic rings. The van der Waals surface area contributed by atoms with Crippen LogP contribution in [0.4, 0.5) is 5.69 Å². The van der Waals surface area contributed by atoms with Crippen molar-refractivity contribution in [2.24, 2.45) is 0 Å². The van der Waals surface area contributed by atoms with E-state index in [2.05, 4.69) is 10.1 Å². The summed E-state index contributed by atoms with van der Waals surface area (Å²) in [5.41, 5.74) is 9.16. The zero-order chi connectivity index (χ0) is 13.4. The van der Waals surface area contributed by atoms with Gasteiger partial charge in [0.25, 0.3) is 5.89 Å². The standard InChI is InChI=1S/C14H13N3O2/c1-8-7-10(15)3-4-11(8)14-16-13(17-19-14)12-5-6-18-9(12)2/h3-7H,15H2,1-2H3.